The van der Waals surface area contributed by atoms with Gasteiger partial charge in [0, 0.05) is 18.7 Å². The van der Waals surface area contributed by atoms with Crippen LogP contribution < -0.4 is 14.2 Å². The molecule has 29 heavy (non-hydrogen) atoms. The van der Waals surface area contributed by atoms with Crippen molar-refractivity contribution in [2.75, 3.05) is 13.9 Å². The molecule has 1 fully saturated rings. The predicted molar refractivity (Wildman–Crippen MR) is 105 cm³/mol. The Labute approximate surface area is 167 Å². The van der Waals surface area contributed by atoms with E-state index < -0.39 is 4.92 Å². The van der Waals surface area contributed by atoms with Gasteiger partial charge in [0.1, 0.15) is 5.75 Å². The van der Waals surface area contributed by atoms with Crippen molar-refractivity contribution >= 4 is 17.7 Å². The molecule has 4 rings (SSSR count). The van der Waals surface area contributed by atoms with Gasteiger partial charge >= 0.3 is 0 Å². The number of hydrogen-bond acceptors (Lipinski definition) is 6. The van der Waals surface area contributed by atoms with E-state index >= 15 is 0 Å². The van der Waals surface area contributed by atoms with Crippen molar-refractivity contribution in [1.29, 1.82) is 0 Å². The molecule has 8 heteroatoms. The van der Waals surface area contributed by atoms with Crippen molar-refractivity contribution in [1.82, 2.24) is 4.90 Å². The van der Waals surface area contributed by atoms with Gasteiger partial charge in [-0.1, -0.05) is 12.1 Å². The van der Waals surface area contributed by atoms with Gasteiger partial charge in [-0.2, -0.15) is 0 Å². The standard InChI is InChI=1S/C21H20N2O6/c1-27-17-7-2-14(3-8-17)12-22(16-5-6-16)21(24)9-4-15-10-19-20(29-13-28-19)11-18(15)23(25)26/h2-4,7-11,16H,5-6,12-13H2,1H3. The molecule has 2 aromatic carbocycles. The summed E-state index contributed by atoms with van der Waals surface area (Å²) in [5, 5.41) is 11.4. The topological polar surface area (TPSA) is 91.1 Å². The lowest BCUT2D eigenvalue weighted by Crippen LogP contribution is -2.31. The monoisotopic (exact) mass is 396 g/mol. The van der Waals surface area contributed by atoms with Crippen LogP contribution in [0.4, 0.5) is 5.69 Å². The zero-order chi connectivity index (χ0) is 20.4. The third-order valence-electron chi connectivity index (χ3n) is 4.91. The molecule has 0 bridgehead atoms. The summed E-state index contributed by atoms with van der Waals surface area (Å²) in [6.07, 6.45) is 4.76. The van der Waals surface area contributed by atoms with Crippen molar-refractivity contribution in [2.45, 2.75) is 25.4 Å². The van der Waals surface area contributed by atoms with E-state index in [2.05, 4.69) is 0 Å². The van der Waals surface area contributed by atoms with Crippen molar-refractivity contribution in [3.05, 3.63) is 63.7 Å². The fraction of sp³-hybridized carbons (Fsp3) is 0.286. The Balaban J connectivity index is 1.53. The molecule has 1 aliphatic heterocycles. The lowest BCUT2D eigenvalue weighted by atomic mass is 10.1. The zero-order valence-corrected chi connectivity index (χ0v) is 15.9. The van der Waals surface area contributed by atoms with E-state index in [0.717, 1.165) is 24.2 Å². The van der Waals surface area contributed by atoms with E-state index in [1.807, 2.05) is 24.3 Å². The molecule has 0 saturated heterocycles. The van der Waals surface area contributed by atoms with Gasteiger partial charge in [0.25, 0.3) is 5.69 Å². The lowest BCUT2D eigenvalue weighted by molar-refractivity contribution is -0.385. The second-order valence-corrected chi connectivity index (χ2v) is 6.90. The Bertz CT molecular complexity index is 966. The van der Waals surface area contributed by atoms with E-state index in [0.29, 0.717) is 23.6 Å². The average Bonchev–Trinajstić information content (AvgIpc) is 3.46. The predicted octanol–water partition coefficient (Wildman–Crippen LogP) is 3.54. The molecule has 0 radical (unpaired) electrons. The molecule has 1 aliphatic carbocycles. The molecule has 1 amide bonds. The van der Waals surface area contributed by atoms with E-state index in [-0.39, 0.29) is 24.4 Å². The molecule has 150 valence electrons. The number of carbonyl (C=O) groups is 1. The number of amides is 1. The van der Waals surface area contributed by atoms with Gasteiger partial charge in [0.15, 0.2) is 11.5 Å². The highest BCUT2D eigenvalue weighted by molar-refractivity contribution is 5.93. The first kappa shape index (κ1) is 18.8. The van der Waals surface area contributed by atoms with Crippen molar-refractivity contribution in [3.63, 3.8) is 0 Å². The zero-order valence-electron chi connectivity index (χ0n) is 15.9. The van der Waals surface area contributed by atoms with E-state index in [1.54, 1.807) is 12.0 Å². The largest absolute Gasteiger partial charge is 0.497 e. The first-order valence-corrected chi connectivity index (χ1v) is 9.25. The number of fused-ring (bicyclic) bond motifs is 1. The van der Waals surface area contributed by atoms with Gasteiger partial charge < -0.3 is 19.1 Å². The van der Waals surface area contributed by atoms with Crippen LogP contribution in [0.3, 0.4) is 0 Å². The smallest absolute Gasteiger partial charge is 0.280 e. The Hall–Kier alpha value is -3.55. The minimum Gasteiger partial charge on any atom is -0.497 e. The Kier molecular flexibility index (Phi) is 5.07. The lowest BCUT2D eigenvalue weighted by Gasteiger charge is -2.21. The summed E-state index contributed by atoms with van der Waals surface area (Å²) in [5.74, 6) is 1.34. The number of ether oxygens (including phenoxy) is 3. The second-order valence-electron chi connectivity index (χ2n) is 6.90. The van der Waals surface area contributed by atoms with Crippen LogP contribution in [0.5, 0.6) is 17.2 Å². The number of methoxy groups -OCH3 is 1. The maximum absolute atomic E-state index is 12.8. The summed E-state index contributed by atoms with van der Waals surface area (Å²) in [4.78, 5) is 25.5. The van der Waals surface area contributed by atoms with Crippen molar-refractivity contribution in [3.8, 4) is 17.2 Å². The molecular weight excluding hydrogens is 376 g/mol. The highest BCUT2D eigenvalue weighted by Crippen LogP contribution is 2.38. The van der Waals surface area contributed by atoms with Crippen LogP contribution in [0, 0.1) is 10.1 Å². The highest BCUT2D eigenvalue weighted by atomic mass is 16.7. The number of hydrogen-bond donors (Lipinski definition) is 0. The second kappa shape index (κ2) is 7.83. The fourth-order valence-corrected chi connectivity index (χ4v) is 3.20. The van der Waals surface area contributed by atoms with Crippen LogP contribution in [0.15, 0.2) is 42.5 Å². The average molecular weight is 396 g/mol. The first-order chi connectivity index (χ1) is 14.0. The first-order valence-electron chi connectivity index (χ1n) is 9.25. The maximum atomic E-state index is 12.8. The number of nitro benzene ring substituents is 1. The van der Waals surface area contributed by atoms with Crippen molar-refractivity contribution < 1.29 is 23.9 Å². The normalized spacial score (nSPS) is 14.8. The van der Waals surface area contributed by atoms with Gasteiger partial charge in [-0.3, -0.25) is 14.9 Å². The molecule has 0 unspecified atom stereocenters. The minimum atomic E-state index is -0.498. The SMILES string of the molecule is COc1ccc(CN(C(=O)C=Cc2cc3c(cc2[N+](=O)[O-])OCO3)C2CC2)cc1. The molecule has 1 heterocycles. The van der Waals surface area contributed by atoms with Gasteiger partial charge in [-0.15, -0.1) is 0 Å². The van der Waals surface area contributed by atoms with E-state index in [1.165, 1.54) is 24.3 Å². The molecule has 1 saturated carbocycles. The van der Waals surface area contributed by atoms with Gasteiger partial charge in [-0.05, 0) is 42.7 Å². The maximum Gasteiger partial charge on any atom is 0.280 e. The number of nitrogens with zero attached hydrogens (tertiary/aromatic N) is 2. The fourth-order valence-electron chi connectivity index (χ4n) is 3.20. The Morgan fingerprint density at radius 3 is 2.55 bits per heavy atom. The molecule has 8 nitrogen and oxygen atoms in total. The van der Waals surface area contributed by atoms with Gasteiger partial charge in [0.2, 0.25) is 12.7 Å². The molecular formula is C21H20N2O6. The van der Waals surface area contributed by atoms with Crippen LogP contribution in [0.1, 0.15) is 24.0 Å². The van der Waals surface area contributed by atoms with Crippen molar-refractivity contribution in [2.24, 2.45) is 0 Å². The summed E-state index contributed by atoms with van der Waals surface area (Å²) in [5.41, 5.74) is 1.16. The van der Waals surface area contributed by atoms with E-state index in [4.69, 9.17) is 14.2 Å². The third-order valence-corrected chi connectivity index (χ3v) is 4.91. The quantitative estimate of drug-likeness (QED) is 0.404. The summed E-state index contributed by atoms with van der Waals surface area (Å²) in [7, 11) is 1.61. The molecule has 0 N–H and O–H groups in total. The number of nitro groups is 1. The summed E-state index contributed by atoms with van der Waals surface area (Å²) < 4.78 is 15.7. The number of carbonyl (C=O) groups excluding carboxylic acids is 1. The van der Waals surface area contributed by atoms with Crippen LogP contribution in [0.25, 0.3) is 6.08 Å². The Morgan fingerprint density at radius 2 is 1.93 bits per heavy atom. The minimum absolute atomic E-state index is 0.0237. The van der Waals surface area contributed by atoms with Crippen LogP contribution in [0.2, 0.25) is 0 Å². The van der Waals surface area contributed by atoms with E-state index in [9.17, 15) is 14.9 Å². The third kappa shape index (κ3) is 4.16. The molecule has 2 aliphatic rings. The number of rotatable bonds is 7. The highest BCUT2D eigenvalue weighted by Gasteiger charge is 2.31. The molecule has 2 aromatic rings. The van der Waals surface area contributed by atoms with Crippen LogP contribution in [-0.4, -0.2) is 35.7 Å². The molecule has 0 spiro atoms. The molecule has 0 atom stereocenters. The van der Waals surface area contributed by atoms with Crippen LogP contribution in [-0.2, 0) is 11.3 Å². The summed E-state index contributed by atoms with van der Waals surface area (Å²) in [6.45, 7) is 0.497. The van der Waals surface area contributed by atoms with Crippen LogP contribution >= 0.6 is 0 Å². The Morgan fingerprint density at radius 1 is 1.24 bits per heavy atom. The number of benzene rings is 2. The summed E-state index contributed by atoms with van der Waals surface area (Å²) in [6, 6.07) is 10.6. The van der Waals surface area contributed by atoms with Gasteiger partial charge in [-0.25, -0.2) is 0 Å². The summed E-state index contributed by atoms with van der Waals surface area (Å²) >= 11 is 0. The molecule has 0 aromatic heterocycles. The van der Waals surface area contributed by atoms with Gasteiger partial charge in [0.05, 0.1) is 23.7 Å².